The summed E-state index contributed by atoms with van der Waals surface area (Å²) < 4.78 is 0. The molecular weight excluding hydrogens is 264 g/mol. The van der Waals surface area contributed by atoms with Crippen LogP contribution in [0, 0.1) is 0 Å². The van der Waals surface area contributed by atoms with E-state index in [-0.39, 0.29) is 12.5 Å². The molecule has 0 spiro atoms. The molecule has 2 N–H and O–H groups in total. The Balaban J connectivity index is 2.02. The molecule has 0 aliphatic carbocycles. The number of hydrogen-bond donors (Lipinski definition) is 2. The van der Waals surface area contributed by atoms with Gasteiger partial charge in [-0.25, -0.2) is 0 Å². The van der Waals surface area contributed by atoms with Gasteiger partial charge in [0.15, 0.2) is 0 Å². The number of hydrogen-bond acceptors (Lipinski definition) is 3. The van der Waals surface area contributed by atoms with Crippen molar-refractivity contribution in [1.29, 1.82) is 0 Å². The third kappa shape index (κ3) is 3.53. The van der Waals surface area contributed by atoms with Crippen molar-refractivity contribution in [3.63, 3.8) is 0 Å². The lowest BCUT2D eigenvalue weighted by molar-refractivity contribution is 0.0951. The zero-order valence-corrected chi connectivity index (χ0v) is 10.9. The zero-order valence-electron chi connectivity index (χ0n) is 10.1. The van der Waals surface area contributed by atoms with Crippen LogP contribution in [0.1, 0.15) is 21.5 Å². The smallest absolute Gasteiger partial charge is 0.253 e. The first-order chi connectivity index (χ1) is 9.20. The first kappa shape index (κ1) is 13.5. The van der Waals surface area contributed by atoms with E-state index in [9.17, 15) is 4.79 Å². The van der Waals surface area contributed by atoms with Crippen molar-refractivity contribution in [2.45, 2.75) is 13.2 Å². The molecule has 0 saturated heterocycles. The number of amides is 1. The van der Waals surface area contributed by atoms with Gasteiger partial charge in [0, 0.05) is 18.9 Å². The number of aliphatic hydroxyl groups is 1. The topological polar surface area (TPSA) is 62.2 Å². The maximum Gasteiger partial charge on any atom is 0.253 e. The van der Waals surface area contributed by atoms with Gasteiger partial charge in [-0.3, -0.25) is 9.78 Å². The van der Waals surface area contributed by atoms with Crippen LogP contribution in [0.5, 0.6) is 0 Å². The summed E-state index contributed by atoms with van der Waals surface area (Å²) in [6.07, 6.45) is 2.95. The van der Waals surface area contributed by atoms with Crippen LogP contribution >= 0.6 is 11.6 Å². The summed E-state index contributed by atoms with van der Waals surface area (Å²) >= 11 is 5.89. The molecule has 1 aromatic carbocycles. The van der Waals surface area contributed by atoms with E-state index in [4.69, 9.17) is 16.7 Å². The molecule has 98 valence electrons. The Morgan fingerprint density at radius 2 is 2.11 bits per heavy atom. The summed E-state index contributed by atoms with van der Waals surface area (Å²) in [4.78, 5) is 15.7. The number of carbonyl (C=O) groups is 1. The Labute approximate surface area is 116 Å². The number of carbonyl (C=O) groups excluding carboxylic acids is 1. The molecule has 4 nitrogen and oxygen atoms in total. The van der Waals surface area contributed by atoms with Crippen LogP contribution < -0.4 is 5.32 Å². The lowest BCUT2D eigenvalue weighted by atomic mass is 10.1. The Morgan fingerprint density at radius 1 is 1.32 bits per heavy atom. The fraction of sp³-hybridized carbons (Fsp3) is 0.143. The minimum Gasteiger partial charge on any atom is -0.392 e. The van der Waals surface area contributed by atoms with Crippen LogP contribution in [0.3, 0.4) is 0 Å². The van der Waals surface area contributed by atoms with E-state index >= 15 is 0 Å². The fourth-order valence-corrected chi connectivity index (χ4v) is 1.88. The van der Waals surface area contributed by atoms with Crippen molar-refractivity contribution in [3.8, 4) is 0 Å². The Bertz CT molecular complexity index is 587. The van der Waals surface area contributed by atoms with Crippen LogP contribution in [0.2, 0.25) is 5.02 Å². The Hall–Kier alpha value is -1.91. The van der Waals surface area contributed by atoms with Crippen molar-refractivity contribution in [2.75, 3.05) is 0 Å². The number of benzene rings is 1. The molecule has 2 rings (SSSR count). The molecule has 0 saturated carbocycles. The van der Waals surface area contributed by atoms with Gasteiger partial charge in [0.2, 0.25) is 0 Å². The van der Waals surface area contributed by atoms with E-state index < -0.39 is 0 Å². The van der Waals surface area contributed by atoms with E-state index in [1.54, 1.807) is 6.07 Å². The van der Waals surface area contributed by atoms with Gasteiger partial charge < -0.3 is 10.4 Å². The molecular formula is C14H13ClN2O2. The van der Waals surface area contributed by atoms with E-state index in [0.717, 1.165) is 11.1 Å². The second kappa shape index (κ2) is 6.31. The highest BCUT2D eigenvalue weighted by Gasteiger charge is 2.09. The lowest BCUT2D eigenvalue weighted by Crippen LogP contribution is -2.23. The Kier molecular flexibility index (Phi) is 4.49. The van der Waals surface area contributed by atoms with Crippen molar-refractivity contribution in [2.24, 2.45) is 0 Å². The standard InChI is InChI=1S/C14H13ClN2O2/c15-13-8-16-5-4-12(13)14(19)17-7-10-2-1-3-11(6-10)9-18/h1-6,8,18H,7,9H2,(H,17,19). The highest BCUT2D eigenvalue weighted by Crippen LogP contribution is 2.13. The predicted octanol–water partition coefficient (Wildman–Crippen LogP) is 2.16. The SMILES string of the molecule is O=C(NCc1cccc(CO)c1)c1ccncc1Cl. The average Bonchev–Trinajstić information content (AvgIpc) is 2.45. The molecule has 0 aliphatic heterocycles. The maximum absolute atomic E-state index is 11.9. The van der Waals surface area contributed by atoms with Crippen LogP contribution in [-0.4, -0.2) is 16.0 Å². The van der Waals surface area contributed by atoms with Gasteiger partial charge in [0.05, 0.1) is 17.2 Å². The summed E-state index contributed by atoms with van der Waals surface area (Å²) in [6, 6.07) is 8.96. The molecule has 2 aromatic rings. The molecule has 19 heavy (non-hydrogen) atoms. The second-order valence-electron chi connectivity index (χ2n) is 4.02. The minimum absolute atomic E-state index is 0.0159. The minimum atomic E-state index is -0.248. The van der Waals surface area contributed by atoms with Crippen LogP contribution in [0.4, 0.5) is 0 Å². The predicted molar refractivity (Wildman–Crippen MR) is 72.8 cm³/mol. The number of halogens is 1. The molecule has 5 heteroatoms. The first-order valence-electron chi connectivity index (χ1n) is 5.77. The summed E-state index contributed by atoms with van der Waals surface area (Å²) in [7, 11) is 0. The van der Waals surface area contributed by atoms with Gasteiger partial charge in [-0.1, -0.05) is 35.9 Å². The number of rotatable bonds is 4. The van der Waals surface area contributed by atoms with Crippen molar-refractivity contribution in [3.05, 3.63) is 64.4 Å². The van der Waals surface area contributed by atoms with Gasteiger partial charge in [0.25, 0.3) is 5.91 Å². The third-order valence-electron chi connectivity index (χ3n) is 2.64. The lowest BCUT2D eigenvalue weighted by Gasteiger charge is -2.07. The number of aliphatic hydroxyl groups excluding tert-OH is 1. The van der Waals surface area contributed by atoms with Gasteiger partial charge >= 0.3 is 0 Å². The summed E-state index contributed by atoms with van der Waals surface area (Å²) in [6.45, 7) is 0.364. The van der Waals surface area contributed by atoms with Gasteiger partial charge in [-0.2, -0.15) is 0 Å². The van der Waals surface area contributed by atoms with E-state index in [1.165, 1.54) is 12.4 Å². The molecule has 0 bridgehead atoms. The van der Waals surface area contributed by atoms with Crippen molar-refractivity contribution in [1.82, 2.24) is 10.3 Å². The van der Waals surface area contributed by atoms with E-state index in [1.807, 2.05) is 24.3 Å². The van der Waals surface area contributed by atoms with Gasteiger partial charge in [-0.15, -0.1) is 0 Å². The quantitative estimate of drug-likeness (QED) is 0.899. The molecule has 0 unspecified atom stereocenters. The molecule has 0 fully saturated rings. The highest BCUT2D eigenvalue weighted by molar-refractivity contribution is 6.33. The molecule has 0 atom stereocenters. The van der Waals surface area contributed by atoms with E-state index in [0.29, 0.717) is 17.1 Å². The molecule has 0 aliphatic rings. The fourth-order valence-electron chi connectivity index (χ4n) is 1.67. The number of nitrogens with zero attached hydrogens (tertiary/aromatic N) is 1. The first-order valence-corrected chi connectivity index (χ1v) is 6.15. The maximum atomic E-state index is 11.9. The summed E-state index contributed by atoms with van der Waals surface area (Å²) in [5, 5.41) is 12.1. The van der Waals surface area contributed by atoms with Gasteiger partial charge in [0.1, 0.15) is 0 Å². The van der Waals surface area contributed by atoms with Crippen LogP contribution in [0.25, 0.3) is 0 Å². The van der Waals surface area contributed by atoms with Crippen LogP contribution in [0.15, 0.2) is 42.7 Å². The molecule has 1 amide bonds. The van der Waals surface area contributed by atoms with Crippen molar-refractivity contribution >= 4 is 17.5 Å². The molecule has 0 radical (unpaired) electrons. The summed E-state index contributed by atoms with van der Waals surface area (Å²) in [5.74, 6) is -0.248. The number of nitrogens with one attached hydrogen (secondary N) is 1. The molecule has 1 aromatic heterocycles. The third-order valence-corrected chi connectivity index (χ3v) is 2.95. The summed E-state index contributed by atoms with van der Waals surface area (Å²) in [5.41, 5.74) is 2.13. The zero-order chi connectivity index (χ0) is 13.7. The second-order valence-corrected chi connectivity index (χ2v) is 4.42. The highest BCUT2D eigenvalue weighted by atomic mass is 35.5. The Morgan fingerprint density at radius 3 is 2.84 bits per heavy atom. The van der Waals surface area contributed by atoms with Crippen molar-refractivity contribution < 1.29 is 9.90 Å². The number of pyridine rings is 1. The van der Waals surface area contributed by atoms with Gasteiger partial charge in [-0.05, 0) is 17.2 Å². The largest absolute Gasteiger partial charge is 0.392 e. The monoisotopic (exact) mass is 276 g/mol. The van der Waals surface area contributed by atoms with Crippen LogP contribution in [-0.2, 0) is 13.2 Å². The molecule has 1 heterocycles. The average molecular weight is 277 g/mol. The normalized spacial score (nSPS) is 10.2. The number of aromatic nitrogens is 1. The van der Waals surface area contributed by atoms with E-state index in [2.05, 4.69) is 10.3 Å².